The molecule has 0 saturated carbocycles. The Morgan fingerprint density at radius 2 is 1.97 bits per heavy atom. The number of rotatable bonds is 6. The fourth-order valence-corrected chi connectivity index (χ4v) is 3.76. The summed E-state index contributed by atoms with van der Waals surface area (Å²) in [7, 11) is 0. The first kappa shape index (κ1) is 21.2. The van der Waals surface area contributed by atoms with Gasteiger partial charge in [-0.3, -0.25) is 19.7 Å². The maximum Gasteiger partial charge on any atom is 0.269 e. The van der Waals surface area contributed by atoms with Gasteiger partial charge in [0.25, 0.3) is 11.2 Å². The van der Waals surface area contributed by atoms with Crippen LogP contribution in [-0.2, 0) is 4.79 Å². The highest BCUT2D eigenvalue weighted by molar-refractivity contribution is 7.99. The first-order valence-corrected chi connectivity index (χ1v) is 10.5. The second-order valence-electron chi connectivity index (χ2n) is 7.02. The third-order valence-corrected chi connectivity index (χ3v) is 5.80. The van der Waals surface area contributed by atoms with Crippen molar-refractivity contribution in [3.8, 4) is 5.69 Å². The number of nitro benzene ring substituents is 1. The molecule has 162 valence electrons. The van der Waals surface area contributed by atoms with Gasteiger partial charge in [-0.05, 0) is 43.2 Å². The molecule has 1 amide bonds. The van der Waals surface area contributed by atoms with Crippen LogP contribution in [-0.4, -0.2) is 36.3 Å². The second-order valence-corrected chi connectivity index (χ2v) is 7.99. The summed E-state index contributed by atoms with van der Waals surface area (Å²) in [5, 5.41) is 18.3. The molecule has 0 bridgehead atoms. The summed E-state index contributed by atoms with van der Waals surface area (Å²) in [6.07, 6.45) is 1.47. The summed E-state index contributed by atoms with van der Waals surface area (Å²) in [4.78, 5) is 42.2. The Hall–Kier alpha value is -3.99. The smallest absolute Gasteiger partial charge is 0.269 e. The topological polar surface area (TPSA) is 136 Å². The molecular weight excluding hydrogens is 432 g/mol. The first-order valence-electron chi connectivity index (χ1n) is 9.55. The molecule has 2 aromatic heterocycles. The molecule has 0 unspecified atom stereocenters. The number of aromatic amines is 1. The standard InChI is InChI=1S/C21H18N6O4S/c1-12-4-3-5-17(13(12)2)26-19-16(10-22-26)20(29)25-21(24-19)32-11-18(28)23-14-6-8-15(9-7-14)27(30)31/h3-10H,11H2,1-2H3,(H,23,28)(H,24,25,29). The van der Waals surface area contributed by atoms with Gasteiger partial charge in [0.2, 0.25) is 5.91 Å². The molecule has 0 radical (unpaired) electrons. The number of nitrogens with zero attached hydrogens (tertiary/aromatic N) is 4. The number of amides is 1. The van der Waals surface area contributed by atoms with E-state index in [2.05, 4.69) is 20.4 Å². The van der Waals surface area contributed by atoms with E-state index in [1.807, 2.05) is 32.0 Å². The van der Waals surface area contributed by atoms with Crippen molar-refractivity contribution >= 4 is 40.1 Å². The first-order chi connectivity index (χ1) is 15.3. The number of aromatic nitrogens is 4. The lowest BCUT2D eigenvalue weighted by molar-refractivity contribution is -0.384. The van der Waals surface area contributed by atoms with Crippen LogP contribution in [0.4, 0.5) is 11.4 Å². The second kappa shape index (κ2) is 8.63. The van der Waals surface area contributed by atoms with Gasteiger partial charge in [-0.1, -0.05) is 23.9 Å². The van der Waals surface area contributed by atoms with E-state index < -0.39 is 4.92 Å². The minimum atomic E-state index is -0.511. The lowest BCUT2D eigenvalue weighted by Crippen LogP contribution is -2.15. The van der Waals surface area contributed by atoms with Gasteiger partial charge in [-0.25, -0.2) is 9.67 Å². The van der Waals surface area contributed by atoms with Crippen molar-refractivity contribution < 1.29 is 9.72 Å². The van der Waals surface area contributed by atoms with E-state index in [-0.39, 0.29) is 28.1 Å². The third kappa shape index (κ3) is 4.23. The zero-order chi connectivity index (χ0) is 22.8. The number of thioether (sulfide) groups is 1. The Labute approximate surface area is 185 Å². The fourth-order valence-electron chi connectivity index (χ4n) is 3.11. The van der Waals surface area contributed by atoms with Gasteiger partial charge in [0.1, 0.15) is 5.39 Å². The van der Waals surface area contributed by atoms with Crippen LogP contribution < -0.4 is 10.9 Å². The van der Waals surface area contributed by atoms with Crippen LogP contribution in [0.2, 0.25) is 0 Å². The van der Waals surface area contributed by atoms with Crippen LogP contribution in [0.25, 0.3) is 16.7 Å². The van der Waals surface area contributed by atoms with Crippen molar-refractivity contribution in [2.45, 2.75) is 19.0 Å². The summed E-state index contributed by atoms with van der Waals surface area (Å²) in [5.74, 6) is -0.349. The van der Waals surface area contributed by atoms with Gasteiger partial charge in [0.05, 0.1) is 22.6 Å². The number of benzene rings is 2. The number of non-ortho nitro benzene ring substituents is 1. The van der Waals surface area contributed by atoms with Crippen LogP contribution in [0.1, 0.15) is 11.1 Å². The average Bonchev–Trinajstić information content (AvgIpc) is 3.19. The van der Waals surface area contributed by atoms with E-state index in [1.54, 1.807) is 4.68 Å². The predicted molar refractivity (Wildman–Crippen MR) is 121 cm³/mol. The number of fused-ring (bicyclic) bond motifs is 1. The largest absolute Gasteiger partial charge is 0.325 e. The third-order valence-electron chi connectivity index (χ3n) is 4.92. The SMILES string of the molecule is Cc1cccc(-n2ncc3c(=O)[nH]c(SCC(=O)Nc4ccc([N+](=O)[O-])cc4)nc32)c1C. The van der Waals surface area contributed by atoms with Gasteiger partial charge >= 0.3 is 0 Å². The highest BCUT2D eigenvalue weighted by Crippen LogP contribution is 2.22. The summed E-state index contributed by atoms with van der Waals surface area (Å²) in [6.45, 7) is 3.97. The zero-order valence-electron chi connectivity index (χ0n) is 17.2. The molecule has 10 nitrogen and oxygen atoms in total. The number of nitro groups is 1. The monoisotopic (exact) mass is 450 g/mol. The Bertz CT molecular complexity index is 1390. The van der Waals surface area contributed by atoms with E-state index in [4.69, 9.17) is 0 Å². The highest BCUT2D eigenvalue weighted by atomic mass is 32.2. The van der Waals surface area contributed by atoms with Gasteiger partial charge in [0, 0.05) is 17.8 Å². The van der Waals surface area contributed by atoms with Gasteiger partial charge in [-0.2, -0.15) is 5.10 Å². The molecule has 2 aromatic carbocycles. The van der Waals surface area contributed by atoms with Gasteiger partial charge < -0.3 is 10.3 Å². The zero-order valence-corrected chi connectivity index (χ0v) is 18.0. The minimum absolute atomic E-state index is 0.0109. The Balaban J connectivity index is 1.53. The van der Waals surface area contributed by atoms with Crippen molar-refractivity contribution in [1.29, 1.82) is 0 Å². The van der Waals surface area contributed by atoms with Gasteiger partial charge in [0.15, 0.2) is 10.8 Å². The summed E-state index contributed by atoms with van der Waals surface area (Å²) >= 11 is 1.07. The number of anilines is 1. The fraction of sp³-hybridized carbons (Fsp3) is 0.143. The molecular formula is C21H18N6O4S. The number of nitrogens with one attached hydrogen (secondary N) is 2. The molecule has 0 aliphatic carbocycles. The lowest BCUT2D eigenvalue weighted by atomic mass is 10.1. The van der Waals surface area contributed by atoms with E-state index in [1.165, 1.54) is 30.5 Å². The lowest BCUT2D eigenvalue weighted by Gasteiger charge is -2.09. The average molecular weight is 450 g/mol. The number of hydrogen-bond donors (Lipinski definition) is 2. The number of carbonyl (C=O) groups is 1. The maximum atomic E-state index is 12.5. The van der Waals surface area contributed by atoms with Crippen molar-refractivity contribution in [1.82, 2.24) is 19.7 Å². The van der Waals surface area contributed by atoms with E-state index in [9.17, 15) is 19.7 Å². The van der Waals surface area contributed by atoms with Crippen LogP contribution >= 0.6 is 11.8 Å². The van der Waals surface area contributed by atoms with E-state index in [0.717, 1.165) is 28.6 Å². The van der Waals surface area contributed by atoms with Crippen molar-refractivity contribution in [3.63, 3.8) is 0 Å². The Morgan fingerprint density at radius 3 is 2.69 bits per heavy atom. The molecule has 0 atom stereocenters. The number of aryl methyl sites for hydroxylation is 1. The maximum absolute atomic E-state index is 12.5. The number of hydrogen-bond acceptors (Lipinski definition) is 7. The van der Waals surface area contributed by atoms with Crippen LogP contribution in [0.5, 0.6) is 0 Å². The molecule has 4 aromatic rings. The summed E-state index contributed by atoms with van der Waals surface area (Å²) in [5.41, 5.74) is 3.37. The normalized spacial score (nSPS) is 10.9. The molecule has 0 saturated heterocycles. The van der Waals surface area contributed by atoms with Crippen molar-refractivity contribution in [2.75, 3.05) is 11.1 Å². The van der Waals surface area contributed by atoms with Crippen LogP contribution in [0, 0.1) is 24.0 Å². The Morgan fingerprint density at radius 1 is 1.22 bits per heavy atom. The molecule has 11 heteroatoms. The summed E-state index contributed by atoms with van der Waals surface area (Å²) in [6, 6.07) is 11.3. The molecule has 0 fully saturated rings. The minimum Gasteiger partial charge on any atom is -0.325 e. The highest BCUT2D eigenvalue weighted by Gasteiger charge is 2.15. The summed E-state index contributed by atoms with van der Waals surface area (Å²) < 4.78 is 1.62. The molecule has 0 aliphatic rings. The quantitative estimate of drug-likeness (QED) is 0.199. The molecule has 0 aliphatic heterocycles. The number of carbonyl (C=O) groups excluding carboxylic acids is 1. The molecule has 2 N–H and O–H groups in total. The molecule has 4 rings (SSSR count). The van der Waals surface area contributed by atoms with Crippen molar-refractivity contribution in [3.05, 3.63) is 80.3 Å². The predicted octanol–water partition coefficient (Wildman–Crippen LogP) is 3.36. The molecule has 0 spiro atoms. The van der Waals surface area contributed by atoms with Crippen LogP contribution in [0.3, 0.4) is 0 Å². The number of H-pyrrole nitrogens is 1. The Kier molecular flexibility index (Phi) is 5.73. The van der Waals surface area contributed by atoms with Crippen molar-refractivity contribution in [2.24, 2.45) is 0 Å². The molecule has 32 heavy (non-hydrogen) atoms. The van der Waals surface area contributed by atoms with E-state index in [0.29, 0.717) is 16.7 Å². The van der Waals surface area contributed by atoms with E-state index >= 15 is 0 Å². The molecule has 2 heterocycles. The van der Waals surface area contributed by atoms with Gasteiger partial charge in [-0.15, -0.1) is 0 Å². The van der Waals surface area contributed by atoms with Crippen LogP contribution in [0.15, 0.2) is 58.6 Å².